The molecule has 0 amide bonds. The van der Waals surface area contributed by atoms with Crippen molar-refractivity contribution in [3.05, 3.63) is 0 Å². The minimum absolute atomic E-state index is 0.0887. The van der Waals surface area contributed by atoms with Gasteiger partial charge in [-0.3, -0.25) is 0 Å². The highest BCUT2D eigenvalue weighted by molar-refractivity contribution is 6.80. The molecule has 0 unspecified atom stereocenters. The van der Waals surface area contributed by atoms with Crippen LogP contribution in [0, 0.1) is 11.8 Å². The number of hydrogen-bond donors (Lipinski definition) is 0. The monoisotopic (exact) mass is 380 g/mol. The van der Waals surface area contributed by atoms with Crippen molar-refractivity contribution in [1.82, 2.24) is 0 Å². The second kappa shape index (κ2) is 8.65. The normalized spacial score (nSPS) is 33.3. The van der Waals surface area contributed by atoms with E-state index in [9.17, 15) is 0 Å². The van der Waals surface area contributed by atoms with Gasteiger partial charge in [0.15, 0.2) is 6.29 Å². The van der Waals surface area contributed by atoms with Crippen LogP contribution in [0.15, 0.2) is 0 Å². The molecule has 26 heavy (non-hydrogen) atoms. The van der Waals surface area contributed by atoms with Crippen LogP contribution in [0.1, 0.15) is 91.4 Å². The van der Waals surface area contributed by atoms with Crippen LogP contribution in [-0.2, 0) is 9.47 Å². The summed E-state index contributed by atoms with van der Waals surface area (Å²) in [6, 6.07) is 1.30. The molecule has 0 aromatic carbocycles. The summed E-state index contributed by atoms with van der Waals surface area (Å²) >= 11 is 0. The third-order valence-corrected chi connectivity index (χ3v) is 13.6. The summed E-state index contributed by atoms with van der Waals surface area (Å²) in [6.45, 7) is 12.5. The molecule has 2 nitrogen and oxygen atoms in total. The first-order valence-corrected chi connectivity index (χ1v) is 14.8. The third kappa shape index (κ3) is 5.14. The van der Waals surface area contributed by atoms with Gasteiger partial charge in [0.05, 0.1) is 20.3 Å². The first kappa shape index (κ1) is 20.9. The van der Waals surface area contributed by atoms with Crippen molar-refractivity contribution in [1.29, 1.82) is 0 Å². The zero-order valence-corrected chi connectivity index (χ0v) is 19.2. The van der Waals surface area contributed by atoms with Crippen LogP contribution < -0.4 is 0 Å². The molecule has 1 heterocycles. The smallest absolute Gasteiger partial charge is 0.161 e. The maximum atomic E-state index is 6.69. The van der Waals surface area contributed by atoms with Crippen molar-refractivity contribution in [2.75, 3.05) is 0 Å². The highest BCUT2D eigenvalue weighted by Gasteiger charge is 2.43. The third-order valence-electron chi connectivity index (χ3n) is 8.11. The Balaban J connectivity index is 1.70. The average molecular weight is 381 g/mol. The van der Waals surface area contributed by atoms with Crippen molar-refractivity contribution in [2.45, 2.75) is 134 Å². The molecule has 3 rings (SSSR count). The fourth-order valence-electron chi connectivity index (χ4n) is 5.21. The Morgan fingerprint density at radius 2 is 1.31 bits per heavy atom. The molecule has 0 aromatic heterocycles. The molecule has 3 atom stereocenters. The van der Waals surface area contributed by atoms with Gasteiger partial charge in [0, 0.05) is 5.92 Å². The lowest BCUT2D eigenvalue weighted by atomic mass is 9.82. The fraction of sp³-hybridized carbons (Fsp3) is 1.00. The molecule has 3 aliphatic rings. The van der Waals surface area contributed by atoms with Gasteiger partial charge in [-0.2, -0.15) is 0 Å². The lowest BCUT2D eigenvalue weighted by molar-refractivity contribution is -0.273. The van der Waals surface area contributed by atoms with Gasteiger partial charge in [-0.1, -0.05) is 72.4 Å². The molecular formula is C23H44O2Si. The molecule has 2 saturated carbocycles. The maximum absolute atomic E-state index is 6.69. The summed E-state index contributed by atoms with van der Waals surface area (Å²) in [5.74, 6) is 1.44. The Kier molecular flexibility index (Phi) is 6.94. The quantitative estimate of drug-likeness (QED) is 0.482. The molecule has 0 aromatic rings. The first-order chi connectivity index (χ1) is 12.3. The summed E-state index contributed by atoms with van der Waals surface area (Å²) in [5.41, 5.74) is 0. The summed E-state index contributed by atoms with van der Waals surface area (Å²) < 4.78 is 13.4. The van der Waals surface area contributed by atoms with Gasteiger partial charge in [0.1, 0.15) is 0 Å². The van der Waals surface area contributed by atoms with E-state index in [0.717, 1.165) is 12.3 Å². The zero-order chi connectivity index (χ0) is 18.8. The Morgan fingerprint density at radius 1 is 0.769 bits per heavy atom. The predicted octanol–water partition coefficient (Wildman–Crippen LogP) is 7.16. The minimum Gasteiger partial charge on any atom is -0.349 e. The molecule has 0 N–H and O–H groups in total. The summed E-state index contributed by atoms with van der Waals surface area (Å²) in [6.07, 6.45) is 15.9. The largest absolute Gasteiger partial charge is 0.349 e. The first-order valence-electron chi connectivity index (χ1n) is 11.6. The van der Waals surface area contributed by atoms with Crippen LogP contribution in [0.2, 0.25) is 24.2 Å². The molecule has 0 bridgehead atoms. The maximum Gasteiger partial charge on any atom is 0.161 e. The Morgan fingerprint density at radius 3 is 1.85 bits per heavy atom. The molecular weight excluding hydrogens is 336 g/mol. The summed E-state index contributed by atoms with van der Waals surface area (Å²) in [5, 5.41) is 0.440. The SMILES string of the molecule is CC(C)(C)[Si](C)(C)C[C@@H]1C[C@@H](C2CCCCC2)O[C@H](C2CCCCC2)O1. The van der Waals surface area contributed by atoms with E-state index in [2.05, 4.69) is 33.9 Å². The fourth-order valence-corrected chi connectivity index (χ4v) is 7.22. The highest BCUT2D eigenvalue weighted by atomic mass is 28.3. The van der Waals surface area contributed by atoms with Crippen LogP contribution in [0.5, 0.6) is 0 Å². The van der Waals surface area contributed by atoms with E-state index in [1.165, 1.54) is 70.3 Å². The van der Waals surface area contributed by atoms with Crippen LogP contribution in [0.25, 0.3) is 0 Å². The van der Waals surface area contributed by atoms with Gasteiger partial charge in [-0.25, -0.2) is 0 Å². The molecule has 0 spiro atoms. The zero-order valence-electron chi connectivity index (χ0n) is 18.2. The molecule has 2 aliphatic carbocycles. The number of rotatable bonds is 4. The van der Waals surface area contributed by atoms with Crippen molar-refractivity contribution in [3.8, 4) is 0 Å². The number of hydrogen-bond acceptors (Lipinski definition) is 2. The van der Waals surface area contributed by atoms with Crippen LogP contribution in [0.3, 0.4) is 0 Å². The van der Waals surface area contributed by atoms with E-state index in [-0.39, 0.29) is 6.29 Å². The van der Waals surface area contributed by atoms with Gasteiger partial charge < -0.3 is 9.47 Å². The van der Waals surface area contributed by atoms with Gasteiger partial charge in [-0.15, -0.1) is 0 Å². The van der Waals surface area contributed by atoms with Crippen molar-refractivity contribution in [3.63, 3.8) is 0 Å². The van der Waals surface area contributed by atoms with E-state index >= 15 is 0 Å². The van der Waals surface area contributed by atoms with Gasteiger partial charge in [0.25, 0.3) is 0 Å². The highest BCUT2D eigenvalue weighted by Crippen LogP contribution is 2.44. The molecule has 3 fully saturated rings. The van der Waals surface area contributed by atoms with Gasteiger partial charge in [-0.05, 0) is 49.1 Å². The Bertz CT molecular complexity index is 404. The van der Waals surface area contributed by atoms with Crippen molar-refractivity contribution in [2.24, 2.45) is 11.8 Å². The van der Waals surface area contributed by atoms with Crippen LogP contribution in [0.4, 0.5) is 0 Å². The van der Waals surface area contributed by atoms with E-state index in [1.807, 2.05) is 0 Å². The van der Waals surface area contributed by atoms with E-state index < -0.39 is 8.07 Å². The lowest BCUT2D eigenvalue weighted by Crippen LogP contribution is -2.49. The second-order valence-corrected chi connectivity index (χ2v) is 16.8. The summed E-state index contributed by atoms with van der Waals surface area (Å²) in [4.78, 5) is 0. The number of ether oxygens (including phenoxy) is 2. The average Bonchev–Trinajstić information content (AvgIpc) is 2.61. The Labute approximate surface area is 163 Å². The van der Waals surface area contributed by atoms with Crippen LogP contribution in [-0.4, -0.2) is 26.6 Å². The van der Waals surface area contributed by atoms with E-state index in [4.69, 9.17) is 9.47 Å². The topological polar surface area (TPSA) is 18.5 Å². The molecule has 1 aliphatic heterocycles. The molecule has 3 heteroatoms. The predicted molar refractivity (Wildman–Crippen MR) is 113 cm³/mol. The van der Waals surface area contributed by atoms with Crippen LogP contribution >= 0.6 is 0 Å². The Hall–Kier alpha value is 0.137. The van der Waals surface area contributed by atoms with E-state index in [0.29, 0.717) is 23.2 Å². The molecule has 1 saturated heterocycles. The lowest BCUT2D eigenvalue weighted by Gasteiger charge is -2.47. The van der Waals surface area contributed by atoms with Gasteiger partial charge >= 0.3 is 0 Å². The van der Waals surface area contributed by atoms with Crippen molar-refractivity contribution >= 4 is 8.07 Å². The molecule has 152 valence electrons. The summed E-state index contributed by atoms with van der Waals surface area (Å²) in [7, 11) is -1.33. The second-order valence-electron chi connectivity index (χ2n) is 11.2. The van der Waals surface area contributed by atoms with Gasteiger partial charge in [0.2, 0.25) is 0 Å². The standard InChI is InChI=1S/C23H44O2Si/c1-23(2,3)26(4,5)17-20-16-21(18-12-8-6-9-13-18)25-22(24-20)19-14-10-7-11-15-19/h18-22H,6-17H2,1-5H3/t20-,21-,22+/m0/s1. The van der Waals surface area contributed by atoms with Crippen molar-refractivity contribution < 1.29 is 9.47 Å². The minimum atomic E-state index is -1.33. The molecule has 0 radical (unpaired) electrons. The van der Waals surface area contributed by atoms with E-state index in [1.54, 1.807) is 0 Å².